The van der Waals surface area contributed by atoms with E-state index in [4.69, 9.17) is 4.74 Å². The van der Waals surface area contributed by atoms with Gasteiger partial charge < -0.3 is 20.1 Å². The Morgan fingerprint density at radius 3 is 2.30 bits per heavy atom. The number of hydrogen-bond donors (Lipinski definition) is 3. The fourth-order valence-electron chi connectivity index (χ4n) is 2.87. The summed E-state index contributed by atoms with van der Waals surface area (Å²) in [5, 5.41) is 30.0. The lowest BCUT2D eigenvalue weighted by Crippen LogP contribution is -2.47. The van der Waals surface area contributed by atoms with Gasteiger partial charge in [0.2, 0.25) is 0 Å². The summed E-state index contributed by atoms with van der Waals surface area (Å²) in [6.45, 7) is 5.20. The van der Waals surface area contributed by atoms with E-state index in [0.717, 1.165) is 5.56 Å². The third-order valence-corrected chi connectivity index (χ3v) is 3.89. The first-order chi connectivity index (χ1) is 10.7. The van der Waals surface area contributed by atoms with Crippen molar-refractivity contribution in [2.45, 2.75) is 57.2 Å². The quantitative estimate of drug-likeness (QED) is 0.690. The molecule has 1 aromatic rings. The third kappa shape index (κ3) is 4.09. The SMILES string of the molecule is CC(C)(C)OC(=O)[C@@H]1[C@H](O)[C@H](O)[C@@H](CO)N1Cc1ccccc1. The molecule has 0 spiro atoms. The normalized spacial score (nSPS) is 28.8. The molecule has 1 heterocycles. The number of aliphatic hydroxyl groups excluding tert-OH is 3. The maximum atomic E-state index is 12.5. The summed E-state index contributed by atoms with van der Waals surface area (Å²) in [7, 11) is 0. The second kappa shape index (κ2) is 6.97. The molecule has 6 nitrogen and oxygen atoms in total. The van der Waals surface area contributed by atoms with Crippen molar-refractivity contribution in [3.05, 3.63) is 35.9 Å². The van der Waals surface area contributed by atoms with E-state index in [1.807, 2.05) is 30.3 Å². The van der Waals surface area contributed by atoms with E-state index in [1.165, 1.54) is 0 Å². The van der Waals surface area contributed by atoms with E-state index in [9.17, 15) is 20.1 Å². The van der Waals surface area contributed by atoms with Gasteiger partial charge >= 0.3 is 5.97 Å². The van der Waals surface area contributed by atoms with Gasteiger partial charge in [0.15, 0.2) is 0 Å². The van der Waals surface area contributed by atoms with E-state index in [0.29, 0.717) is 6.54 Å². The Hall–Kier alpha value is -1.47. The van der Waals surface area contributed by atoms with Gasteiger partial charge in [-0.1, -0.05) is 30.3 Å². The topological polar surface area (TPSA) is 90.2 Å². The minimum Gasteiger partial charge on any atom is -0.459 e. The number of rotatable bonds is 4. The first-order valence-electron chi connectivity index (χ1n) is 7.74. The smallest absolute Gasteiger partial charge is 0.326 e. The number of benzene rings is 1. The summed E-state index contributed by atoms with van der Waals surface area (Å²) in [5.41, 5.74) is 0.220. The summed E-state index contributed by atoms with van der Waals surface area (Å²) in [5.74, 6) is -0.601. The van der Waals surface area contributed by atoms with Crippen LogP contribution in [0.3, 0.4) is 0 Å². The minimum absolute atomic E-state index is 0.324. The maximum absolute atomic E-state index is 12.5. The molecule has 3 N–H and O–H groups in total. The molecule has 0 aromatic heterocycles. The fourth-order valence-corrected chi connectivity index (χ4v) is 2.87. The predicted octanol–water partition coefficient (Wildman–Crippen LogP) is 0.295. The molecule has 0 amide bonds. The van der Waals surface area contributed by atoms with Crippen LogP contribution in [0.25, 0.3) is 0 Å². The fraction of sp³-hybridized carbons (Fsp3) is 0.588. The zero-order valence-corrected chi connectivity index (χ0v) is 13.7. The highest BCUT2D eigenvalue weighted by atomic mass is 16.6. The Bertz CT molecular complexity index is 528. The average molecular weight is 323 g/mol. The van der Waals surface area contributed by atoms with Gasteiger partial charge in [-0.15, -0.1) is 0 Å². The number of carbonyl (C=O) groups is 1. The summed E-state index contributed by atoms with van der Waals surface area (Å²) in [6.07, 6.45) is -2.51. The molecule has 2 rings (SSSR count). The molecule has 0 radical (unpaired) electrons. The van der Waals surface area contributed by atoms with Crippen molar-refractivity contribution in [3.63, 3.8) is 0 Å². The molecular weight excluding hydrogens is 298 g/mol. The summed E-state index contributed by atoms with van der Waals surface area (Å²) in [6, 6.07) is 7.66. The van der Waals surface area contributed by atoms with Crippen LogP contribution in [0.5, 0.6) is 0 Å². The van der Waals surface area contributed by atoms with E-state index >= 15 is 0 Å². The Kier molecular flexibility index (Phi) is 5.41. The van der Waals surface area contributed by atoms with Crippen LogP contribution in [0.4, 0.5) is 0 Å². The van der Waals surface area contributed by atoms with Crippen molar-refractivity contribution in [1.29, 1.82) is 0 Å². The van der Waals surface area contributed by atoms with Crippen molar-refractivity contribution in [2.24, 2.45) is 0 Å². The van der Waals surface area contributed by atoms with Crippen LogP contribution < -0.4 is 0 Å². The third-order valence-electron chi connectivity index (χ3n) is 3.89. The van der Waals surface area contributed by atoms with Crippen molar-refractivity contribution >= 4 is 5.97 Å². The molecule has 23 heavy (non-hydrogen) atoms. The minimum atomic E-state index is -1.30. The van der Waals surface area contributed by atoms with E-state index < -0.39 is 35.9 Å². The Morgan fingerprint density at radius 2 is 1.78 bits per heavy atom. The van der Waals surface area contributed by atoms with Crippen LogP contribution in [-0.2, 0) is 16.1 Å². The molecule has 1 aromatic carbocycles. The molecule has 1 aliphatic heterocycles. The van der Waals surface area contributed by atoms with Crippen LogP contribution in [-0.4, -0.2) is 62.7 Å². The second-order valence-electron chi connectivity index (χ2n) is 6.87. The number of aliphatic hydroxyl groups is 3. The van der Waals surface area contributed by atoms with Gasteiger partial charge in [0, 0.05) is 6.54 Å². The molecule has 0 aliphatic carbocycles. The lowest BCUT2D eigenvalue weighted by Gasteiger charge is -2.30. The molecule has 0 unspecified atom stereocenters. The maximum Gasteiger partial charge on any atom is 0.326 e. The van der Waals surface area contributed by atoms with E-state index in [2.05, 4.69) is 0 Å². The van der Waals surface area contributed by atoms with Gasteiger partial charge in [-0.05, 0) is 26.3 Å². The van der Waals surface area contributed by atoms with Gasteiger partial charge in [0.25, 0.3) is 0 Å². The number of likely N-dealkylation sites (tertiary alicyclic amines) is 1. The molecule has 1 aliphatic rings. The summed E-state index contributed by atoms with van der Waals surface area (Å²) < 4.78 is 5.37. The van der Waals surface area contributed by atoms with Gasteiger partial charge in [-0.2, -0.15) is 0 Å². The molecule has 1 saturated heterocycles. The van der Waals surface area contributed by atoms with Crippen LogP contribution in [0.2, 0.25) is 0 Å². The van der Waals surface area contributed by atoms with Crippen LogP contribution in [0.15, 0.2) is 30.3 Å². The highest BCUT2D eigenvalue weighted by Gasteiger charge is 2.51. The Morgan fingerprint density at radius 1 is 1.17 bits per heavy atom. The lowest BCUT2D eigenvalue weighted by atomic mass is 10.1. The predicted molar refractivity (Wildman–Crippen MR) is 84.5 cm³/mol. The summed E-state index contributed by atoms with van der Waals surface area (Å²) in [4.78, 5) is 14.1. The van der Waals surface area contributed by atoms with E-state index in [-0.39, 0.29) is 6.61 Å². The molecule has 1 fully saturated rings. The van der Waals surface area contributed by atoms with Crippen molar-refractivity contribution in [2.75, 3.05) is 6.61 Å². The molecule has 0 bridgehead atoms. The van der Waals surface area contributed by atoms with E-state index in [1.54, 1.807) is 25.7 Å². The van der Waals surface area contributed by atoms with Crippen LogP contribution in [0.1, 0.15) is 26.3 Å². The Labute approximate surface area is 136 Å². The van der Waals surface area contributed by atoms with Crippen molar-refractivity contribution in [1.82, 2.24) is 4.90 Å². The molecule has 128 valence electrons. The second-order valence-corrected chi connectivity index (χ2v) is 6.87. The van der Waals surface area contributed by atoms with Gasteiger partial charge in [0.1, 0.15) is 17.7 Å². The molecule has 6 heteroatoms. The number of carbonyl (C=O) groups excluding carboxylic acids is 1. The largest absolute Gasteiger partial charge is 0.459 e. The first-order valence-corrected chi connectivity index (χ1v) is 7.74. The zero-order valence-electron chi connectivity index (χ0n) is 13.7. The number of hydrogen-bond acceptors (Lipinski definition) is 6. The monoisotopic (exact) mass is 323 g/mol. The number of esters is 1. The standard InChI is InChI=1S/C17H25NO5/c1-17(2,3)23-16(22)13-15(21)14(20)12(10-19)18(13)9-11-7-5-4-6-8-11/h4-8,12-15,19-21H,9-10H2,1-3H3/t12-,13+,14-,15+/m1/s1. The van der Waals surface area contributed by atoms with Crippen molar-refractivity contribution in [3.8, 4) is 0 Å². The molecule has 4 atom stereocenters. The average Bonchev–Trinajstić information content (AvgIpc) is 2.69. The molecular formula is C17H25NO5. The highest BCUT2D eigenvalue weighted by molar-refractivity contribution is 5.77. The van der Waals surface area contributed by atoms with Gasteiger partial charge in [-0.25, -0.2) is 0 Å². The molecule has 0 saturated carbocycles. The first kappa shape index (κ1) is 17.9. The number of nitrogens with zero attached hydrogens (tertiary/aromatic N) is 1. The summed E-state index contributed by atoms with van der Waals surface area (Å²) >= 11 is 0. The highest BCUT2D eigenvalue weighted by Crippen LogP contribution is 2.29. The van der Waals surface area contributed by atoms with Gasteiger partial charge in [0.05, 0.1) is 18.8 Å². The van der Waals surface area contributed by atoms with Crippen LogP contribution in [0, 0.1) is 0 Å². The van der Waals surface area contributed by atoms with Gasteiger partial charge in [-0.3, -0.25) is 9.69 Å². The van der Waals surface area contributed by atoms with Crippen molar-refractivity contribution < 1.29 is 24.9 Å². The zero-order chi connectivity index (χ0) is 17.2. The van der Waals surface area contributed by atoms with Crippen LogP contribution >= 0.6 is 0 Å². The lowest BCUT2D eigenvalue weighted by molar-refractivity contribution is -0.164. The number of ether oxygens (including phenoxy) is 1. The Balaban J connectivity index is 2.26.